The third-order valence-electron chi connectivity index (χ3n) is 6.65. The number of hydrogen-bond donors (Lipinski definition) is 2. The first-order chi connectivity index (χ1) is 9.36. The minimum absolute atomic E-state index is 0.400. The quantitative estimate of drug-likeness (QED) is 0.872. The lowest BCUT2D eigenvalue weighted by Crippen LogP contribution is -2.44. The standard InChI is InChI=1S/C18H27NO/c1-12-6-5-7-13(16(12)20)11-19-15-10-14-8-9-18(15,4)17(14,2)3/h5-7,14-15,19-20H,8-11H2,1-4H3. The fourth-order valence-electron chi connectivity index (χ4n) is 4.61. The van der Waals surface area contributed by atoms with Crippen molar-refractivity contribution in [2.75, 3.05) is 0 Å². The van der Waals surface area contributed by atoms with Crippen molar-refractivity contribution >= 4 is 0 Å². The van der Waals surface area contributed by atoms with Crippen LogP contribution in [0.1, 0.15) is 51.2 Å². The largest absolute Gasteiger partial charge is 0.507 e. The SMILES string of the molecule is Cc1cccc(CNC2CC3CCC2(C)C3(C)C)c1O. The molecule has 2 heteroatoms. The zero-order chi connectivity index (χ0) is 14.5. The van der Waals surface area contributed by atoms with Crippen LogP contribution in [0.2, 0.25) is 0 Å². The summed E-state index contributed by atoms with van der Waals surface area (Å²) in [6, 6.07) is 6.59. The number of rotatable bonds is 3. The van der Waals surface area contributed by atoms with E-state index in [-0.39, 0.29) is 0 Å². The Morgan fingerprint density at radius 2 is 2.05 bits per heavy atom. The van der Waals surface area contributed by atoms with Gasteiger partial charge in [0.25, 0.3) is 0 Å². The van der Waals surface area contributed by atoms with E-state index in [4.69, 9.17) is 0 Å². The molecule has 20 heavy (non-hydrogen) atoms. The van der Waals surface area contributed by atoms with E-state index in [2.05, 4.69) is 26.1 Å². The second-order valence-electron chi connectivity index (χ2n) is 7.63. The highest BCUT2D eigenvalue weighted by Crippen LogP contribution is 2.65. The first-order valence-corrected chi connectivity index (χ1v) is 7.87. The molecule has 3 atom stereocenters. The summed E-state index contributed by atoms with van der Waals surface area (Å²) >= 11 is 0. The molecule has 2 saturated carbocycles. The number of aryl methyl sites for hydroxylation is 1. The van der Waals surface area contributed by atoms with Gasteiger partial charge in [-0.15, -0.1) is 0 Å². The third-order valence-corrected chi connectivity index (χ3v) is 6.65. The summed E-state index contributed by atoms with van der Waals surface area (Å²) in [7, 11) is 0. The van der Waals surface area contributed by atoms with Gasteiger partial charge in [0, 0.05) is 18.2 Å². The number of nitrogens with one attached hydrogen (secondary N) is 1. The molecule has 1 aromatic carbocycles. The molecule has 0 amide bonds. The van der Waals surface area contributed by atoms with Crippen LogP contribution in [-0.4, -0.2) is 11.1 Å². The van der Waals surface area contributed by atoms with Crippen LogP contribution in [0, 0.1) is 23.7 Å². The fraction of sp³-hybridized carbons (Fsp3) is 0.667. The molecule has 3 rings (SSSR count). The molecular formula is C18H27NO. The van der Waals surface area contributed by atoms with Crippen molar-refractivity contribution in [2.45, 2.75) is 59.5 Å². The molecule has 0 aromatic heterocycles. The summed E-state index contributed by atoms with van der Waals surface area (Å²) in [4.78, 5) is 0. The molecule has 1 aromatic rings. The summed E-state index contributed by atoms with van der Waals surface area (Å²) in [6.45, 7) is 10.1. The average molecular weight is 273 g/mol. The van der Waals surface area contributed by atoms with E-state index in [0.29, 0.717) is 22.6 Å². The van der Waals surface area contributed by atoms with E-state index in [1.54, 1.807) is 0 Å². The second kappa shape index (κ2) is 4.49. The molecule has 0 radical (unpaired) electrons. The number of benzene rings is 1. The summed E-state index contributed by atoms with van der Waals surface area (Å²) in [5, 5.41) is 13.9. The monoisotopic (exact) mass is 273 g/mol. The highest BCUT2D eigenvalue weighted by molar-refractivity contribution is 5.39. The lowest BCUT2D eigenvalue weighted by atomic mass is 9.69. The maximum atomic E-state index is 10.1. The molecule has 2 fully saturated rings. The molecule has 0 spiro atoms. The lowest BCUT2D eigenvalue weighted by molar-refractivity contribution is 0.120. The van der Waals surface area contributed by atoms with Crippen LogP contribution in [0.15, 0.2) is 18.2 Å². The highest BCUT2D eigenvalue weighted by atomic mass is 16.3. The van der Waals surface area contributed by atoms with Crippen LogP contribution in [0.25, 0.3) is 0 Å². The molecule has 3 unspecified atom stereocenters. The Morgan fingerprint density at radius 1 is 1.30 bits per heavy atom. The van der Waals surface area contributed by atoms with Crippen LogP contribution in [0.4, 0.5) is 0 Å². The minimum Gasteiger partial charge on any atom is -0.507 e. The van der Waals surface area contributed by atoms with Gasteiger partial charge in [0.2, 0.25) is 0 Å². The van der Waals surface area contributed by atoms with E-state index < -0.39 is 0 Å². The van der Waals surface area contributed by atoms with Crippen molar-refractivity contribution in [3.05, 3.63) is 29.3 Å². The molecule has 2 nitrogen and oxygen atoms in total. The fourth-order valence-corrected chi connectivity index (χ4v) is 4.61. The third kappa shape index (κ3) is 1.81. The predicted molar refractivity (Wildman–Crippen MR) is 82.7 cm³/mol. The number of phenols is 1. The number of phenolic OH excluding ortho intramolecular Hbond substituents is 1. The van der Waals surface area contributed by atoms with E-state index >= 15 is 0 Å². The van der Waals surface area contributed by atoms with Crippen LogP contribution < -0.4 is 5.32 Å². The molecule has 2 N–H and O–H groups in total. The van der Waals surface area contributed by atoms with Crippen LogP contribution >= 0.6 is 0 Å². The average Bonchev–Trinajstić information content (AvgIpc) is 2.73. The van der Waals surface area contributed by atoms with Gasteiger partial charge in [-0.2, -0.15) is 0 Å². The van der Waals surface area contributed by atoms with Gasteiger partial charge in [-0.3, -0.25) is 0 Å². The van der Waals surface area contributed by atoms with Crippen molar-refractivity contribution < 1.29 is 5.11 Å². The van der Waals surface area contributed by atoms with Gasteiger partial charge in [-0.05, 0) is 48.5 Å². The Kier molecular flexibility index (Phi) is 3.13. The van der Waals surface area contributed by atoms with Crippen molar-refractivity contribution in [2.24, 2.45) is 16.7 Å². The van der Waals surface area contributed by atoms with Gasteiger partial charge in [0.1, 0.15) is 5.75 Å². The Morgan fingerprint density at radius 3 is 2.65 bits per heavy atom. The molecule has 110 valence electrons. The maximum Gasteiger partial charge on any atom is 0.122 e. The van der Waals surface area contributed by atoms with Crippen molar-refractivity contribution in [1.82, 2.24) is 5.32 Å². The molecule has 0 heterocycles. The van der Waals surface area contributed by atoms with Crippen molar-refractivity contribution in [3.63, 3.8) is 0 Å². The Balaban J connectivity index is 1.73. The van der Waals surface area contributed by atoms with Crippen molar-refractivity contribution in [3.8, 4) is 5.75 Å². The summed E-state index contributed by atoms with van der Waals surface area (Å²) in [5.74, 6) is 1.31. The minimum atomic E-state index is 0.400. The van der Waals surface area contributed by atoms with Gasteiger partial charge in [0.15, 0.2) is 0 Å². The number of para-hydroxylation sites is 1. The topological polar surface area (TPSA) is 32.3 Å². The first-order valence-electron chi connectivity index (χ1n) is 7.87. The Bertz CT molecular complexity index is 522. The second-order valence-corrected chi connectivity index (χ2v) is 7.63. The maximum absolute atomic E-state index is 10.1. The van der Waals surface area contributed by atoms with E-state index in [1.807, 2.05) is 25.1 Å². The van der Waals surface area contributed by atoms with Crippen LogP contribution in [-0.2, 0) is 6.54 Å². The van der Waals surface area contributed by atoms with E-state index in [1.165, 1.54) is 19.3 Å². The normalized spacial score (nSPS) is 34.6. The zero-order valence-electron chi connectivity index (χ0n) is 13.2. The Labute approximate surface area is 122 Å². The summed E-state index contributed by atoms with van der Waals surface area (Å²) in [5.41, 5.74) is 2.83. The van der Waals surface area contributed by atoms with E-state index in [9.17, 15) is 5.11 Å². The van der Waals surface area contributed by atoms with Gasteiger partial charge in [0.05, 0.1) is 0 Å². The Hall–Kier alpha value is -1.02. The highest BCUT2D eigenvalue weighted by Gasteiger charge is 2.60. The first kappa shape index (κ1) is 13.9. The van der Waals surface area contributed by atoms with Crippen molar-refractivity contribution in [1.29, 1.82) is 0 Å². The van der Waals surface area contributed by atoms with E-state index in [0.717, 1.165) is 23.6 Å². The molecule has 2 bridgehead atoms. The molecular weight excluding hydrogens is 246 g/mol. The lowest BCUT2D eigenvalue weighted by Gasteiger charge is -2.39. The summed E-state index contributed by atoms with van der Waals surface area (Å²) in [6.07, 6.45) is 4.01. The zero-order valence-corrected chi connectivity index (χ0v) is 13.2. The summed E-state index contributed by atoms with van der Waals surface area (Å²) < 4.78 is 0. The van der Waals surface area contributed by atoms with Gasteiger partial charge in [-0.25, -0.2) is 0 Å². The predicted octanol–water partition coefficient (Wildman–Crippen LogP) is 4.01. The number of hydrogen-bond acceptors (Lipinski definition) is 2. The van der Waals surface area contributed by atoms with Crippen LogP contribution in [0.3, 0.4) is 0 Å². The van der Waals surface area contributed by atoms with Crippen LogP contribution in [0.5, 0.6) is 5.75 Å². The molecule has 2 aliphatic rings. The number of fused-ring (bicyclic) bond motifs is 2. The number of aromatic hydroxyl groups is 1. The van der Waals surface area contributed by atoms with Gasteiger partial charge in [-0.1, -0.05) is 39.0 Å². The molecule has 2 aliphatic carbocycles. The molecule has 0 aliphatic heterocycles. The van der Waals surface area contributed by atoms with Gasteiger partial charge >= 0.3 is 0 Å². The van der Waals surface area contributed by atoms with Gasteiger partial charge < -0.3 is 10.4 Å². The molecule has 0 saturated heterocycles. The smallest absolute Gasteiger partial charge is 0.122 e.